The van der Waals surface area contributed by atoms with E-state index in [0.717, 1.165) is 23.9 Å². The Morgan fingerprint density at radius 2 is 1.73 bits per heavy atom. The van der Waals surface area contributed by atoms with Crippen molar-refractivity contribution in [1.29, 1.82) is 0 Å². The highest BCUT2D eigenvalue weighted by Crippen LogP contribution is 2.19. The zero-order valence-corrected chi connectivity index (χ0v) is 18.1. The number of hydrogen-bond acceptors (Lipinski definition) is 7. The number of carbonyl (C=O) groups is 3. The maximum atomic E-state index is 13.0. The second-order valence-electron chi connectivity index (χ2n) is 6.69. The lowest BCUT2D eigenvalue weighted by molar-refractivity contribution is -0.114. The minimum atomic E-state index is -0.705. The molecule has 0 atom stereocenters. The second kappa shape index (κ2) is 10.4. The van der Waals surface area contributed by atoms with Crippen LogP contribution in [0, 0.1) is 5.82 Å². The van der Waals surface area contributed by atoms with E-state index in [1.54, 1.807) is 24.3 Å². The molecule has 0 aliphatic carbocycles. The van der Waals surface area contributed by atoms with Gasteiger partial charge in [-0.3, -0.25) is 24.2 Å². The molecule has 0 bridgehead atoms. The van der Waals surface area contributed by atoms with Gasteiger partial charge in [0.2, 0.25) is 11.8 Å². The summed E-state index contributed by atoms with van der Waals surface area (Å²) in [6.07, 6.45) is 0. The van der Waals surface area contributed by atoms with E-state index in [4.69, 9.17) is 5.73 Å². The smallest absolute Gasteiger partial charge is 0.277 e. The number of thioether (sulfide) groups is 1. The predicted octanol–water partition coefficient (Wildman–Crippen LogP) is 2.43. The molecular formula is C21H19FN6O4S. The number of benzene rings is 2. The van der Waals surface area contributed by atoms with Gasteiger partial charge in [0.15, 0.2) is 11.0 Å². The first-order valence-electron chi connectivity index (χ1n) is 9.48. The number of nitrogens with zero attached hydrogens (tertiary/aromatic N) is 1. The lowest BCUT2D eigenvalue weighted by atomic mass is 10.2. The Hall–Kier alpha value is -4.19. The molecule has 0 spiro atoms. The lowest BCUT2D eigenvalue weighted by Gasteiger charge is -2.09. The van der Waals surface area contributed by atoms with Crippen molar-refractivity contribution in [2.45, 2.75) is 12.1 Å². The summed E-state index contributed by atoms with van der Waals surface area (Å²) in [6, 6.07) is 11.4. The van der Waals surface area contributed by atoms with E-state index in [9.17, 15) is 23.6 Å². The van der Waals surface area contributed by atoms with Crippen molar-refractivity contribution in [3.05, 3.63) is 70.3 Å². The number of nitrogen functional groups attached to an aromatic ring is 1. The highest BCUT2D eigenvalue weighted by atomic mass is 32.2. The number of amides is 3. The van der Waals surface area contributed by atoms with Crippen LogP contribution < -0.4 is 27.2 Å². The number of H-pyrrole nitrogens is 1. The van der Waals surface area contributed by atoms with Crippen molar-refractivity contribution >= 4 is 52.4 Å². The van der Waals surface area contributed by atoms with Crippen molar-refractivity contribution in [1.82, 2.24) is 9.97 Å². The molecule has 6 N–H and O–H groups in total. The first kappa shape index (κ1) is 23.5. The number of anilines is 4. The van der Waals surface area contributed by atoms with E-state index in [1.165, 1.54) is 19.1 Å². The molecule has 33 heavy (non-hydrogen) atoms. The first-order valence-corrected chi connectivity index (χ1v) is 10.5. The normalized spacial score (nSPS) is 10.4. The van der Waals surface area contributed by atoms with Gasteiger partial charge in [0.05, 0.1) is 5.75 Å². The molecule has 0 aliphatic rings. The Bertz CT molecular complexity index is 1260. The Balaban J connectivity index is 1.61. The van der Waals surface area contributed by atoms with E-state index in [1.807, 2.05) is 0 Å². The van der Waals surface area contributed by atoms with Crippen LogP contribution in [0.4, 0.5) is 27.3 Å². The van der Waals surface area contributed by atoms with Gasteiger partial charge in [0.25, 0.3) is 11.5 Å². The zero-order valence-electron chi connectivity index (χ0n) is 17.3. The van der Waals surface area contributed by atoms with Crippen LogP contribution >= 0.6 is 11.8 Å². The van der Waals surface area contributed by atoms with Crippen molar-refractivity contribution in [2.75, 3.05) is 27.4 Å². The van der Waals surface area contributed by atoms with E-state index in [2.05, 4.69) is 25.9 Å². The summed E-state index contributed by atoms with van der Waals surface area (Å²) in [6.45, 7) is 1.38. The van der Waals surface area contributed by atoms with Gasteiger partial charge in [-0.1, -0.05) is 17.8 Å². The minimum absolute atomic E-state index is 0.0828. The Morgan fingerprint density at radius 3 is 2.36 bits per heavy atom. The van der Waals surface area contributed by atoms with E-state index in [-0.39, 0.29) is 39.8 Å². The summed E-state index contributed by atoms with van der Waals surface area (Å²) in [5.74, 6) is -2.10. The van der Waals surface area contributed by atoms with Gasteiger partial charge in [0, 0.05) is 23.9 Å². The fourth-order valence-corrected chi connectivity index (χ4v) is 3.32. The monoisotopic (exact) mass is 470 g/mol. The molecule has 0 aliphatic heterocycles. The third kappa shape index (κ3) is 6.64. The quantitative estimate of drug-likeness (QED) is 0.262. The highest BCUT2D eigenvalue weighted by molar-refractivity contribution is 7.99. The molecule has 0 fully saturated rings. The summed E-state index contributed by atoms with van der Waals surface area (Å²) in [5.41, 5.74) is 5.99. The van der Waals surface area contributed by atoms with Crippen molar-refractivity contribution in [3.63, 3.8) is 0 Å². The maximum Gasteiger partial charge on any atom is 0.277 e. The fourth-order valence-electron chi connectivity index (χ4n) is 2.65. The van der Waals surface area contributed by atoms with Gasteiger partial charge in [-0.25, -0.2) is 9.37 Å². The number of nitrogens with two attached hydrogens (primary N) is 1. The van der Waals surface area contributed by atoms with Gasteiger partial charge in [0.1, 0.15) is 11.5 Å². The first-order chi connectivity index (χ1) is 15.7. The molecule has 0 unspecified atom stereocenters. The van der Waals surface area contributed by atoms with Crippen LogP contribution in [0.3, 0.4) is 0 Å². The maximum absolute atomic E-state index is 13.0. The van der Waals surface area contributed by atoms with Crippen LogP contribution in [-0.2, 0) is 9.59 Å². The summed E-state index contributed by atoms with van der Waals surface area (Å²) in [7, 11) is 0. The van der Waals surface area contributed by atoms with Crippen LogP contribution in [0.5, 0.6) is 0 Å². The third-order valence-corrected chi connectivity index (χ3v) is 4.95. The second-order valence-corrected chi connectivity index (χ2v) is 7.66. The van der Waals surface area contributed by atoms with E-state index in [0.29, 0.717) is 11.4 Å². The van der Waals surface area contributed by atoms with Crippen LogP contribution in [0.25, 0.3) is 0 Å². The SMILES string of the molecule is CC(=O)Nc1cccc(NC(=O)CSc2nc(N)c(NC(=O)c3ccc(F)cc3)c(=O)[nH]2)c1. The third-order valence-electron chi connectivity index (χ3n) is 4.08. The topological polar surface area (TPSA) is 159 Å². The molecule has 3 rings (SSSR count). The molecule has 1 heterocycles. The molecule has 170 valence electrons. The molecule has 2 aromatic carbocycles. The Labute approximate surface area is 191 Å². The number of carbonyl (C=O) groups excluding carboxylic acids is 3. The summed E-state index contributed by atoms with van der Waals surface area (Å²) in [5, 5.41) is 7.71. The molecule has 10 nitrogen and oxygen atoms in total. The number of hydrogen-bond donors (Lipinski definition) is 5. The van der Waals surface area contributed by atoms with E-state index >= 15 is 0 Å². The lowest BCUT2D eigenvalue weighted by Crippen LogP contribution is -2.23. The van der Waals surface area contributed by atoms with Crippen molar-refractivity contribution in [2.24, 2.45) is 0 Å². The molecular weight excluding hydrogens is 451 g/mol. The number of aromatic nitrogens is 2. The van der Waals surface area contributed by atoms with Gasteiger partial charge in [-0.15, -0.1) is 0 Å². The van der Waals surface area contributed by atoms with Crippen LogP contribution in [0.1, 0.15) is 17.3 Å². The summed E-state index contributed by atoms with van der Waals surface area (Å²) in [4.78, 5) is 54.4. The molecule has 0 saturated carbocycles. The van der Waals surface area contributed by atoms with Crippen LogP contribution in [0.2, 0.25) is 0 Å². The highest BCUT2D eigenvalue weighted by Gasteiger charge is 2.15. The number of aromatic amines is 1. The fraction of sp³-hybridized carbons (Fsp3) is 0.0952. The van der Waals surface area contributed by atoms with Gasteiger partial charge < -0.3 is 21.7 Å². The molecule has 3 amide bonds. The van der Waals surface area contributed by atoms with Crippen molar-refractivity contribution < 1.29 is 18.8 Å². The van der Waals surface area contributed by atoms with Gasteiger partial charge in [-0.05, 0) is 42.5 Å². The van der Waals surface area contributed by atoms with Crippen LogP contribution in [-0.4, -0.2) is 33.4 Å². The minimum Gasteiger partial charge on any atom is -0.382 e. The molecule has 0 radical (unpaired) electrons. The Morgan fingerprint density at radius 1 is 1.06 bits per heavy atom. The van der Waals surface area contributed by atoms with Gasteiger partial charge >= 0.3 is 0 Å². The summed E-state index contributed by atoms with van der Waals surface area (Å²) >= 11 is 0.934. The largest absolute Gasteiger partial charge is 0.382 e. The molecule has 3 aromatic rings. The van der Waals surface area contributed by atoms with Crippen molar-refractivity contribution in [3.8, 4) is 0 Å². The Kier molecular flexibility index (Phi) is 7.41. The van der Waals surface area contributed by atoms with Gasteiger partial charge in [-0.2, -0.15) is 0 Å². The standard InChI is InChI=1S/C21H19FN6O4S/c1-11(29)24-14-3-2-4-15(9-14)25-16(30)10-33-21-27-18(23)17(20(32)28-21)26-19(31)12-5-7-13(22)8-6-12/h2-9H,10H2,1H3,(H,24,29)(H,25,30)(H,26,31)(H3,23,27,28,32). The molecule has 1 aromatic heterocycles. The average Bonchev–Trinajstić information content (AvgIpc) is 2.75. The molecule has 0 saturated heterocycles. The van der Waals surface area contributed by atoms with Crippen LogP contribution in [0.15, 0.2) is 58.5 Å². The van der Waals surface area contributed by atoms with E-state index < -0.39 is 17.3 Å². The molecule has 12 heteroatoms. The number of nitrogens with one attached hydrogen (secondary N) is 4. The summed E-state index contributed by atoms with van der Waals surface area (Å²) < 4.78 is 13.0. The predicted molar refractivity (Wildman–Crippen MR) is 124 cm³/mol. The average molecular weight is 470 g/mol. The zero-order chi connectivity index (χ0) is 24.0. The number of halogens is 1. The number of rotatable bonds is 7.